The van der Waals surface area contributed by atoms with E-state index < -0.39 is 6.09 Å². The lowest BCUT2D eigenvalue weighted by molar-refractivity contribution is 0.0413. The van der Waals surface area contributed by atoms with Gasteiger partial charge in [0, 0.05) is 24.2 Å². The lowest BCUT2D eigenvalue weighted by Crippen LogP contribution is -2.42. The molecule has 3 rings (SSSR count). The van der Waals surface area contributed by atoms with Gasteiger partial charge in [-0.3, -0.25) is 4.79 Å². The Kier molecular flexibility index (Phi) is 6.22. The maximum Gasteiger partial charge on any atom is 0.415 e. The van der Waals surface area contributed by atoms with Crippen molar-refractivity contribution in [3.63, 3.8) is 0 Å². The highest BCUT2D eigenvalue weighted by molar-refractivity contribution is 6.07. The lowest BCUT2D eigenvalue weighted by atomic mass is 10.1. The third-order valence-electron chi connectivity index (χ3n) is 4.16. The van der Waals surface area contributed by atoms with Crippen molar-refractivity contribution in [1.29, 1.82) is 0 Å². The molecule has 0 unspecified atom stereocenters. The molecule has 0 aliphatic carbocycles. The van der Waals surface area contributed by atoms with Crippen molar-refractivity contribution in [2.24, 2.45) is 0 Å². The van der Waals surface area contributed by atoms with E-state index in [4.69, 9.17) is 14.2 Å². The monoisotopic (exact) mass is 367 g/mol. The molecule has 27 heavy (non-hydrogen) atoms. The Hall–Kier alpha value is -3.12. The summed E-state index contributed by atoms with van der Waals surface area (Å²) in [5.74, 6) is 0.573. The number of methoxy groups -OCH3 is 1. The Morgan fingerprint density at radius 2 is 1.78 bits per heavy atom. The van der Waals surface area contributed by atoms with Crippen LogP contribution in [-0.4, -0.2) is 50.2 Å². The first kappa shape index (κ1) is 18.7. The van der Waals surface area contributed by atoms with Gasteiger partial charge >= 0.3 is 6.09 Å². The number of carbonyl (C=O) groups excluding carboxylic acids is 2. The molecule has 6 heteroatoms. The van der Waals surface area contributed by atoms with E-state index in [0.717, 1.165) is 0 Å². The zero-order valence-corrected chi connectivity index (χ0v) is 15.1. The molecule has 0 bridgehead atoms. The van der Waals surface area contributed by atoms with Crippen LogP contribution in [0, 0.1) is 0 Å². The molecule has 0 N–H and O–H groups in total. The maximum atomic E-state index is 12.4. The van der Waals surface area contributed by atoms with E-state index in [2.05, 4.69) is 0 Å². The molecule has 1 amide bonds. The van der Waals surface area contributed by atoms with E-state index in [1.807, 2.05) is 18.2 Å². The Morgan fingerprint density at radius 1 is 1.04 bits per heavy atom. The van der Waals surface area contributed by atoms with Crippen molar-refractivity contribution in [2.75, 3.05) is 33.4 Å². The highest BCUT2D eigenvalue weighted by Crippen LogP contribution is 2.32. The number of hydrogen-bond donors (Lipinski definition) is 0. The molecule has 6 nitrogen and oxygen atoms in total. The second kappa shape index (κ2) is 9.00. The van der Waals surface area contributed by atoms with Gasteiger partial charge in [-0.25, -0.2) is 4.79 Å². The molecule has 2 aromatic rings. The minimum Gasteiger partial charge on any atom is -0.493 e. The van der Waals surface area contributed by atoms with Crippen LogP contribution in [-0.2, 0) is 4.74 Å². The van der Waals surface area contributed by atoms with Crippen LogP contribution in [0.3, 0.4) is 0 Å². The van der Waals surface area contributed by atoms with Gasteiger partial charge < -0.3 is 19.1 Å². The van der Waals surface area contributed by atoms with Gasteiger partial charge in [-0.2, -0.15) is 0 Å². The SMILES string of the molecule is COc1cccc(C=CC(=O)c2ccccc2)c1OC(=O)N1CCOCC1. The minimum atomic E-state index is -0.466. The zero-order valence-electron chi connectivity index (χ0n) is 15.1. The number of para-hydroxylation sites is 1. The molecule has 0 atom stereocenters. The molecule has 1 aliphatic heterocycles. The molecule has 1 aliphatic rings. The van der Waals surface area contributed by atoms with E-state index in [-0.39, 0.29) is 11.5 Å². The summed E-state index contributed by atoms with van der Waals surface area (Å²) < 4.78 is 16.2. The Morgan fingerprint density at radius 3 is 2.48 bits per heavy atom. The molecule has 1 fully saturated rings. The van der Waals surface area contributed by atoms with Gasteiger partial charge in [0.1, 0.15) is 0 Å². The first-order valence-electron chi connectivity index (χ1n) is 8.68. The third-order valence-corrected chi connectivity index (χ3v) is 4.16. The summed E-state index contributed by atoms with van der Waals surface area (Å²) in [6, 6.07) is 14.2. The molecule has 0 aromatic heterocycles. The number of rotatable bonds is 5. The van der Waals surface area contributed by atoms with Crippen molar-refractivity contribution in [3.8, 4) is 11.5 Å². The first-order valence-corrected chi connectivity index (χ1v) is 8.68. The number of allylic oxidation sites excluding steroid dienone is 1. The van der Waals surface area contributed by atoms with Gasteiger partial charge in [-0.15, -0.1) is 0 Å². The summed E-state index contributed by atoms with van der Waals surface area (Å²) in [6.45, 7) is 1.93. The first-order chi connectivity index (χ1) is 13.2. The number of morpholine rings is 1. The van der Waals surface area contributed by atoms with Gasteiger partial charge in [-0.05, 0) is 18.2 Å². The maximum absolute atomic E-state index is 12.4. The van der Waals surface area contributed by atoms with Crippen molar-refractivity contribution in [3.05, 3.63) is 65.7 Å². The number of hydrogen-bond acceptors (Lipinski definition) is 5. The average molecular weight is 367 g/mol. The summed E-state index contributed by atoms with van der Waals surface area (Å²) in [4.78, 5) is 26.3. The van der Waals surface area contributed by atoms with Crippen LogP contribution in [0.1, 0.15) is 15.9 Å². The largest absolute Gasteiger partial charge is 0.493 e. The number of ketones is 1. The van der Waals surface area contributed by atoms with E-state index >= 15 is 0 Å². The second-order valence-corrected chi connectivity index (χ2v) is 5.91. The number of amides is 1. The highest BCUT2D eigenvalue weighted by Gasteiger charge is 2.21. The molecule has 1 heterocycles. The number of benzene rings is 2. The van der Waals surface area contributed by atoms with E-state index in [1.165, 1.54) is 13.2 Å². The summed E-state index contributed by atoms with van der Waals surface area (Å²) in [7, 11) is 1.50. The molecule has 140 valence electrons. The Labute approximate surface area is 158 Å². The molecule has 2 aromatic carbocycles. The van der Waals surface area contributed by atoms with E-state index in [0.29, 0.717) is 43.2 Å². The predicted molar refractivity (Wildman–Crippen MR) is 101 cm³/mol. The molecular formula is C21H21NO5. The van der Waals surface area contributed by atoms with Gasteiger partial charge in [0.05, 0.1) is 20.3 Å². The van der Waals surface area contributed by atoms with Crippen molar-refractivity contribution in [1.82, 2.24) is 4.90 Å². The predicted octanol–water partition coefficient (Wildman–Crippen LogP) is 3.42. The van der Waals surface area contributed by atoms with E-state index in [1.54, 1.807) is 41.3 Å². The van der Waals surface area contributed by atoms with Crippen molar-refractivity contribution in [2.45, 2.75) is 0 Å². The fourth-order valence-corrected chi connectivity index (χ4v) is 2.70. The molecule has 0 radical (unpaired) electrons. The summed E-state index contributed by atoms with van der Waals surface area (Å²) >= 11 is 0. The highest BCUT2D eigenvalue weighted by atomic mass is 16.6. The van der Waals surface area contributed by atoms with Crippen LogP contribution in [0.4, 0.5) is 4.79 Å². The van der Waals surface area contributed by atoms with Crippen LogP contribution in [0.15, 0.2) is 54.6 Å². The quantitative estimate of drug-likeness (QED) is 0.598. The van der Waals surface area contributed by atoms with Crippen LogP contribution < -0.4 is 9.47 Å². The van der Waals surface area contributed by atoms with Crippen LogP contribution in [0.5, 0.6) is 11.5 Å². The standard InChI is InChI=1S/C21H21NO5/c1-25-19-9-5-8-17(10-11-18(23)16-6-3-2-4-7-16)20(19)27-21(24)22-12-14-26-15-13-22/h2-11H,12-15H2,1H3. The number of nitrogens with zero attached hydrogens (tertiary/aromatic N) is 1. The molecule has 1 saturated heterocycles. The summed E-state index contributed by atoms with van der Waals surface area (Å²) in [5.41, 5.74) is 1.17. The van der Waals surface area contributed by atoms with Crippen LogP contribution >= 0.6 is 0 Å². The Bertz CT molecular complexity index is 826. The minimum absolute atomic E-state index is 0.135. The van der Waals surface area contributed by atoms with Crippen molar-refractivity contribution < 1.29 is 23.8 Å². The normalized spacial score (nSPS) is 14.2. The summed E-state index contributed by atoms with van der Waals surface area (Å²) in [6.07, 6.45) is 2.61. The summed E-state index contributed by atoms with van der Waals surface area (Å²) in [5, 5.41) is 0. The second-order valence-electron chi connectivity index (χ2n) is 5.91. The smallest absolute Gasteiger partial charge is 0.415 e. The molecular weight excluding hydrogens is 346 g/mol. The fraction of sp³-hybridized carbons (Fsp3) is 0.238. The topological polar surface area (TPSA) is 65.1 Å². The van der Waals surface area contributed by atoms with Gasteiger partial charge in [0.2, 0.25) is 0 Å². The molecule has 0 spiro atoms. The third kappa shape index (κ3) is 4.74. The van der Waals surface area contributed by atoms with E-state index in [9.17, 15) is 9.59 Å². The zero-order chi connectivity index (χ0) is 19.1. The van der Waals surface area contributed by atoms with Crippen LogP contribution in [0.2, 0.25) is 0 Å². The Balaban J connectivity index is 1.81. The van der Waals surface area contributed by atoms with Gasteiger partial charge in [-0.1, -0.05) is 42.5 Å². The fourth-order valence-electron chi connectivity index (χ4n) is 2.70. The van der Waals surface area contributed by atoms with Gasteiger partial charge in [0.25, 0.3) is 0 Å². The number of ether oxygens (including phenoxy) is 3. The average Bonchev–Trinajstić information content (AvgIpc) is 2.73. The lowest BCUT2D eigenvalue weighted by Gasteiger charge is -2.26. The molecule has 0 saturated carbocycles. The number of carbonyl (C=O) groups is 2. The van der Waals surface area contributed by atoms with Gasteiger partial charge in [0.15, 0.2) is 17.3 Å². The van der Waals surface area contributed by atoms with Crippen molar-refractivity contribution >= 4 is 18.0 Å². The van der Waals surface area contributed by atoms with Crippen LogP contribution in [0.25, 0.3) is 6.08 Å².